The zero-order valence-electron chi connectivity index (χ0n) is 8.60. The van der Waals surface area contributed by atoms with Crippen LogP contribution in [-0.4, -0.2) is 5.78 Å². The maximum atomic E-state index is 11.0. The molecule has 1 aliphatic carbocycles. The quantitative estimate of drug-likeness (QED) is 0.705. The average Bonchev–Trinajstić information content (AvgIpc) is 2.24. The molecule has 0 radical (unpaired) electrons. The molecule has 15 heavy (non-hydrogen) atoms. The van der Waals surface area contributed by atoms with Gasteiger partial charge < -0.3 is 5.73 Å². The third-order valence-corrected chi connectivity index (χ3v) is 2.72. The minimum Gasteiger partial charge on any atom is -0.399 e. The van der Waals surface area contributed by atoms with E-state index in [1.165, 1.54) is 0 Å². The van der Waals surface area contributed by atoms with Crippen molar-refractivity contribution in [3.63, 3.8) is 0 Å². The Bertz CT molecular complexity index is 424. The summed E-state index contributed by atoms with van der Waals surface area (Å²) < 4.78 is 0. The molecule has 0 spiro atoms. The monoisotopic (exact) mass is 199 g/mol. The van der Waals surface area contributed by atoms with Crippen LogP contribution in [0.4, 0.5) is 5.69 Å². The van der Waals surface area contributed by atoms with Crippen molar-refractivity contribution < 1.29 is 4.79 Å². The number of carbonyl (C=O) groups excluding carboxylic acids is 1. The molecule has 0 atom stereocenters. The highest BCUT2D eigenvalue weighted by Crippen LogP contribution is 2.29. The lowest BCUT2D eigenvalue weighted by molar-refractivity contribution is -0.110. The van der Waals surface area contributed by atoms with Crippen LogP contribution in [0.5, 0.6) is 0 Å². The standard InChI is InChI=1S/C13H13NO/c1-13(8-6-12(15)7-9-13)10-2-4-11(14)5-3-10/h2-9H,14H2,1H3. The predicted molar refractivity (Wildman–Crippen MR) is 61.5 cm³/mol. The van der Waals surface area contributed by atoms with E-state index in [0.717, 1.165) is 11.3 Å². The first-order chi connectivity index (χ1) is 7.10. The Morgan fingerprint density at radius 2 is 1.60 bits per heavy atom. The number of allylic oxidation sites excluding steroid dienone is 4. The van der Waals surface area contributed by atoms with Crippen molar-refractivity contribution in [1.29, 1.82) is 0 Å². The zero-order chi connectivity index (χ0) is 10.9. The molecule has 2 rings (SSSR count). The summed E-state index contributed by atoms with van der Waals surface area (Å²) >= 11 is 0. The minimum absolute atomic E-state index is 0.0444. The van der Waals surface area contributed by atoms with Crippen LogP contribution in [0, 0.1) is 0 Å². The third kappa shape index (κ3) is 1.84. The second kappa shape index (κ2) is 3.39. The summed E-state index contributed by atoms with van der Waals surface area (Å²) in [6, 6.07) is 7.72. The summed E-state index contributed by atoms with van der Waals surface area (Å²) in [6.07, 6.45) is 7.05. The summed E-state index contributed by atoms with van der Waals surface area (Å²) in [4.78, 5) is 11.0. The SMILES string of the molecule is CC1(c2ccc(N)cc2)C=CC(=O)C=C1. The van der Waals surface area contributed by atoms with Crippen molar-refractivity contribution in [2.45, 2.75) is 12.3 Å². The molecule has 0 bridgehead atoms. The Kier molecular flexibility index (Phi) is 2.19. The number of hydrogen-bond acceptors (Lipinski definition) is 2. The fourth-order valence-corrected chi connectivity index (χ4v) is 1.66. The Balaban J connectivity index is 2.38. The van der Waals surface area contributed by atoms with Gasteiger partial charge in [-0.2, -0.15) is 0 Å². The van der Waals surface area contributed by atoms with Gasteiger partial charge in [-0.05, 0) is 36.8 Å². The first kappa shape index (κ1) is 9.71. The molecule has 0 aliphatic heterocycles. The molecule has 0 aromatic heterocycles. The highest BCUT2D eigenvalue weighted by atomic mass is 16.1. The summed E-state index contributed by atoms with van der Waals surface area (Å²) in [5, 5.41) is 0. The van der Waals surface area contributed by atoms with Crippen molar-refractivity contribution >= 4 is 11.5 Å². The summed E-state index contributed by atoms with van der Waals surface area (Å²) in [6.45, 7) is 2.07. The van der Waals surface area contributed by atoms with Crippen LogP contribution in [0.1, 0.15) is 12.5 Å². The van der Waals surface area contributed by atoms with Gasteiger partial charge in [0.2, 0.25) is 0 Å². The maximum absolute atomic E-state index is 11.0. The molecule has 2 nitrogen and oxygen atoms in total. The van der Waals surface area contributed by atoms with Gasteiger partial charge in [-0.25, -0.2) is 0 Å². The lowest BCUT2D eigenvalue weighted by atomic mass is 9.79. The van der Waals surface area contributed by atoms with Gasteiger partial charge in [-0.15, -0.1) is 0 Å². The maximum Gasteiger partial charge on any atom is 0.178 e. The second-order valence-corrected chi connectivity index (χ2v) is 3.97. The average molecular weight is 199 g/mol. The smallest absolute Gasteiger partial charge is 0.178 e. The van der Waals surface area contributed by atoms with Crippen LogP contribution >= 0.6 is 0 Å². The molecule has 0 amide bonds. The number of nitrogens with two attached hydrogens (primary N) is 1. The lowest BCUT2D eigenvalue weighted by Crippen LogP contribution is -2.19. The van der Waals surface area contributed by atoms with E-state index < -0.39 is 0 Å². The van der Waals surface area contributed by atoms with Gasteiger partial charge in [0.15, 0.2) is 5.78 Å². The third-order valence-electron chi connectivity index (χ3n) is 2.72. The molecule has 0 saturated carbocycles. The van der Waals surface area contributed by atoms with Gasteiger partial charge in [0, 0.05) is 11.1 Å². The van der Waals surface area contributed by atoms with E-state index in [2.05, 4.69) is 6.92 Å². The van der Waals surface area contributed by atoms with E-state index in [9.17, 15) is 4.79 Å². The van der Waals surface area contributed by atoms with Gasteiger partial charge in [0.1, 0.15) is 0 Å². The number of carbonyl (C=O) groups is 1. The lowest BCUT2D eigenvalue weighted by Gasteiger charge is -2.24. The van der Waals surface area contributed by atoms with Crippen LogP contribution in [0.3, 0.4) is 0 Å². The Labute approximate surface area is 89.1 Å². The number of benzene rings is 1. The Morgan fingerprint density at radius 1 is 1.07 bits per heavy atom. The number of rotatable bonds is 1. The van der Waals surface area contributed by atoms with Gasteiger partial charge in [-0.1, -0.05) is 24.3 Å². The van der Waals surface area contributed by atoms with E-state index in [1.54, 1.807) is 12.2 Å². The first-order valence-corrected chi connectivity index (χ1v) is 4.89. The molecular formula is C13H13NO. The largest absolute Gasteiger partial charge is 0.399 e. The van der Waals surface area contributed by atoms with E-state index >= 15 is 0 Å². The van der Waals surface area contributed by atoms with Crippen LogP contribution in [0.15, 0.2) is 48.6 Å². The molecule has 1 aromatic rings. The van der Waals surface area contributed by atoms with Crippen LogP contribution in [0.2, 0.25) is 0 Å². The second-order valence-electron chi connectivity index (χ2n) is 3.97. The molecular weight excluding hydrogens is 186 g/mol. The van der Waals surface area contributed by atoms with Crippen molar-refractivity contribution in [3.8, 4) is 0 Å². The summed E-state index contributed by atoms with van der Waals surface area (Å²) in [5.41, 5.74) is 7.33. The molecule has 0 heterocycles. The van der Waals surface area contributed by atoms with Crippen LogP contribution in [0.25, 0.3) is 0 Å². The molecule has 76 valence electrons. The molecule has 2 heteroatoms. The van der Waals surface area contributed by atoms with Crippen LogP contribution in [-0.2, 0) is 10.2 Å². The summed E-state index contributed by atoms with van der Waals surface area (Å²) in [7, 11) is 0. The van der Waals surface area contributed by atoms with E-state index in [1.807, 2.05) is 36.4 Å². The van der Waals surface area contributed by atoms with E-state index in [-0.39, 0.29) is 11.2 Å². The fourth-order valence-electron chi connectivity index (χ4n) is 1.66. The topological polar surface area (TPSA) is 43.1 Å². The number of anilines is 1. The molecule has 0 unspecified atom stereocenters. The normalized spacial score (nSPS) is 18.1. The fraction of sp³-hybridized carbons (Fsp3) is 0.154. The van der Waals surface area contributed by atoms with Crippen molar-refractivity contribution in [3.05, 3.63) is 54.1 Å². The van der Waals surface area contributed by atoms with Crippen LogP contribution < -0.4 is 5.73 Å². The number of ketones is 1. The van der Waals surface area contributed by atoms with Gasteiger partial charge in [-0.3, -0.25) is 4.79 Å². The van der Waals surface area contributed by atoms with Crippen molar-refractivity contribution in [2.24, 2.45) is 0 Å². The molecule has 0 fully saturated rings. The Hall–Kier alpha value is -1.83. The van der Waals surface area contributed by atoms with E-state index in [0.29, 0.717) is 0 Å². The first-order valence-electron chi connectivity index (χ1n) is 4.89. The van der Waals surface area contributed by atoms with E-state index in [4.69, 9.17) is 5.73 Å². The highest BCUT2D eigenvalue weighted by Gasteiger charge is 2.22. The number of hydrogen-bond donors (Lipinski definition) is 1. The Morgan fingerprint density at radius 3 is 2.13 bits per heavy atom. The van der Waals surface area contributed by atoms with Gasteiger partial charge in [0.05, 0.1) is 0 Å². The molecule has 1 aliphatic rings. The number of nitrogen functional groups attached to an aromatic ring is 1. The zero-order valence-corrected chi connectivity index (χ0v) is 8.60. The molecule has 1 aromatic carbocycles. The molecule has 0 saturated heterocycles. The van der Waals surface area contributed by atoms with Crippen molar-refractivity contribution in [1.82, 2.24) is 0 Å². The minimum atomic E-state index is -0.193. The van der Waals surface area contributed by atoms with Gasteiger partial charge >= 0.3 is 0 Å². The molecule has 2 N–H and O–H groups in total. The van der Waals surface area contributed by atoms with Crippen molar-refractivity contribution in [2.75, 3.05) is 5.73 Å². The predicted octanol–water partition coefficient (Wildman–Crippen LogP) is 2.22. The van der Waals surface area contributed by atoms with Gasteiger partial charge in [0.25, 0.3) is 0 Å². The highest BCUT2D eigenvalue weighted by molar-refractivity contribution is 6.00. The summed E-state index contributed by atoms with van der Waals surface area (Å²) in [5.74, 6) is 0.0444.